The van der Waals surface area contributed by atoms with E-state index in [1.54, 1.807) is 0 Å². The molecule has 5 nitrogen and oxygen atoms in total. The number of halogens is 3. The first-order chi connectivity index (χ1) is 10.1. The fourth-order valence-corrected chi connectivity index (χ4v) is 2.63. The smallest absolute Gasteiger partial charge is 0.237 e. The van der Waals surface area contributed by atoms with Crippen molar-refractivity contribution in [2.75, 3.05) is 40.3 Å². The van der Waals surface area contributed by atoms with Crippen LogP contribution in [0.2, 0.25) is 0 Å². The number of rotatable bonds is 5. The van der Waals surface area contributed by atoms with Gasteiger partial charge in [0.1, 0.15) is 0 Å². The first kappa shape index (κ1) is 25.7. The van der Waals surface area contributed by atoms with E-state index in [1.807, 2.05) is 30.3 Å². The molecule has 140 valence electrons. The lowest BCUT2D eigenvalue weighted by molar-refractivity contribution is -0.122. The molecule has 2 rings (SSSR count). The molecule has 3 N–H and O–H groups in total. The lowest BCUT2D eigenvalue weighted by Gasteiger charge is -2.37. The second kappa shape index (κ2) is 12.8. The molecule has 1 heterocycles. The third-order valence-corrected chi connectivity index (χ3v) is 4.13. The van der Waals surface area contributed by atoms with Crippen LogP contribution >= 0.6 is 37.2 Å². The average Bonchev–Trinajstić information content (AvgIpc) is 2.49. The van der Waals surface area contributed by atoms with Crippen molar-refractivity contribution < 1.29 is 4.79 Å². The highest BCUT2D eigenvalue weighted by Crippen LogP contribution is 2.05. The molecule has 8 heteroatoms. The van der Waals surface area contributed by atoms with Gasteiger partial charge in [-0.2, -0.15) is 0 Å². The standard InChI is InChI=1S/C16H26N4O.3ClH/c1-19-8-9-20(2)14(12-19)11-18-16(21)15(17)10-13-6-4-3-5-7-13;;;/h3-7,14-15H,8-12,17H2,1-2H3,(H,18,21);3*1H/t14?,15-;;;/m0.../s1. The summed E-state index contributed by atoms with van der Waals surface area (Å²) in [6.07, 6.45) is 0.576. The minimum atomic E-state index is -0.487. The lowest BCUT2D eigenvalue weighted by atomic mass is 10.1. The number of hydrogen-bond acceptors (Lipinski definition) is 4. The molecule has 1 unspecified atom stereocenters. The minimum Gasteiger partial charge on any atom is -0.353 e. The molecular weight excluding hydrogens is 371 g/mol. The summed E-state index contributed by atoms with van der Waals surface area (Å²) >= 11 is 0. The maximum atomic E-state index is 12.1. The molecule has 24 heavy (non-hydrogen) atoms. The summed E-state index contributed by atoms with van der Waals surface area (Å²) in [7, 11) is 4.22. The van der Waals surface area contributed by atoms with E-state index in [1.165, 1.54) is 0 Å². The quantitative estimate of drug-likeness (QED) is 0.780. The Bertz CT molecular complexity index is 464. The number of carbonyl (C=O) groups excluding carboxylic acids is 1. The van der Waals surface area contributed by atoms with Crippen molar-refractivity contribution in [2.24, 2.45) is 5.73 Å². The van der Waals surface area contributed by atoms with Gasteiger partial charge in [-0.05, 0) is 26.1 Å². The molecule has 1 fully saturated rings. The summed E-state index contributed by atoms with van der Waals surface area (Å²) in [5.41, 5.74) is 7.08. The number of nitrogens with two attached hydrogens (primary N) is 1. The minimum absolute atomic E-state index is 0. The van der Waals surface area contributed by atoms with Crippen LogP contribution in [-0.4, -0.2) is 68.1 Å². The average molecular weight is 400 g/mol. The van der Waals surface area contributed by atoms with Crippen molar-refractivity contribution in [3.05, 3.63) is 35.9 Å². The van der Waals surface area contributed by atoms with Crippen LogP contribution in [0.15, 0.2) is 30.3 Å². The SMILES string of the molecule is CN1CCN(C)C(CNC(=O)[C@@H](N)Cc2ccccc2)C1.Cl.Cl.Cl. The molecule has 0 spiro atoms. The van der Waals surface area contributed by atoms with Crippen LogP contribution < -0.4 is 11.1 Å². The molecule has 0 saturated carbocycles. The van der Waals surface area contributed by atoms with E-state index < -0.39 is 6.04 Å². The third kappa shape index (κ3) is 8.01. The second-order valence-electron chi connectivity index (χ2n) is 5.94. The van der Waals surface area contributed by atoms with Gasteiger partial charge < -0.3 is 16.0 Å². The predicted molar refractivity (Wildman–Crippen MR) is 107 cm³/mol. The normalized spacial score (nSPS) is 19.2. The van der Waals surface area contributed by atoms with Crippen LogP contribution in [0, 0.1) is 0 Å². The van der Waals surface area contributed by atoms with Gasteiger partial charge in [0, 0.05) is 32.2 Å². The van der Waals surface area contributed by atoms with Gasteiger partial charge in [0.2, 0.25) is 5.91 Å². The summed E-state index contributed by atoms with van der Waals surface area (Å²) < 4.78 is 0. The van der Waals surface area contributed by atoms with Gasteiger partial charge in [-0.25, -0.2) is 0 Å². The van der Waals surface area contributed by atoms with Gasteiger partial charge in [-0.15, -0.1) is 37.2 Å². The molecule has 0 bridgehead atoms. The lowest BCUT2D eigenvalue weighted by Crippen LogP contribution is -2.55. The fraction of sp³-hybridized carbons (Fsp3) is 0.562. The maximum absolute atomic E-state index is 12.1. The van der Waals surface area contributed by atoms with Crippen molar-refractivity contribution in [1.29, 1.82) is 0 Å². The Morgan fingerprint density at radius 2 is 1.83 bits per heavy atom. The number of piperazine rings is 1. The van der Waals surface area contributed by atoms with Crippen LogP contribution in [0.1, 0.15) is 5.56 Å². The first-order valence-electron chi connectivity index (χ1n) is 7.52. The highest BCUT2D eigenvalue weighted by atomic mass is 35.5. The molecule has 1 amide bonds. The van der Waals surface area contributed by atoms with Crippen LogP contribution in [0.3, 0.4) is 0 Å². The molecule has 0 radical (unpaired) electrons. The van der Waals surface area contributed by atoms with E-state index in [-0.39, 0.29) is 43.1 Å². The molecule has 2 atom stereocenters. The first-order valence-corrected chi connectivity index (χ1v) is 7.52. The summed E-state index contributed by atoms with van der Waals surface area (Å²) in [6.45, 7) is 3.74. The van der Waals surface area contributed by atoms with Crippen LogP contribution in [0.4, 0.5) is 0 Å². The topological polar surface area (TPSA) is 61.6 Å². The summed E-state index contributed by atoms with van der Waals surface area (Å²) in [4.78, 5) is 16.7. The van der Waals surface area contributed by atoms with Gasteiger partial charge in [-0.1, -0.05) is 30.3 Å². The number of likely N-dealkylation sites (N-methyl/N-ethyl adjacent to an activating group) is 2. The summed E-state index contributed by atoms with van der Waals surface area (Å²) in [5.74, 6) is -0.0690. The van der Waals surface area contributed by atoms with E-state index in [0.717, 1.165) is 25.2 Å². The van der Waals surface area contributed by atoms with Gasteiger partial charge >= 0.3 is 0 Å². The monoisotopic (exact) mass is 398 g/mol. The Labute approximate surface area is 163 Å². The zero-order valence-corrected chi connectivity index (χ0v) is 16.6. The number of benzene rings is 1. The Balaban J connectivity index is 0. The Hall–Kier alpha value is -0.560. The van der Waals surface area contributed by atoms with Gasteiger partial charge in [0.15, 0.2) is 0 Å². The van der Waals surface area contributed by atoms with Crippen molar-refractivity contribution in [1.82, 2.24) is 15.1 Å². The second-order valence-corrected chi connectivity index (χ2v) is 5.94. The van der Waals surface area contributed by atoms with Gasteiger partial charge in [-0.3, -0.25) is 9.69 Å². The van der Waals surface area contributed by atoms with Crippen LogP contribution in [-0.2, 0) is 11.2 Å². The molecule has 1 aromatic carbocycles. The van der Waals surface area contributed by atoms with E-state index in [0.29, 0.717) is 19.0 Å². The van der Waals surface area contributed by atoms with Crippen molar-refractivity contribution in [2.45, 2.75) is 18.5 Å². The Morgan fingerprint density at radius 3 is 2.46 bits per heavy atom. The Kier molecular flexibility index (Phi) is 13.6. The zero-order valence-electron chi connectivity index (χ0n) is 14.2. The predicted octanol–water partition coefficient (Wildman–Crippen LogP) is 1.18. The van der Waals surface area contributed by atoms with E-state index in [2.05, 4.69) is 29.2 Å². The van der Waals surface area contributed by atoms with E-state index in [4.69, 9.17) is 5.73 Å². The number of nitrogens with one attached hydrogen (secondary N) is 1. The Morgan fingerprint density at radius 1 is 1.21 bits per heavy atom. The summed E-state index contributed by atoms with van der Waals surface area (Å²) in [5, 5.41) is 2.99. The van der Waals surface area contributed by atoms with Crippen molar-refractivity contribution >= 4 is 43.1 Å². The maximum Gasteiger partial charge on any atom is 0.237 e. The number of nitrogens with zero attached hydrogens (tertiary/aromatic N) is 2. The largest absolute Gasteiger partial charge is 0.353 e. The summed E-state index contributed by atoms with van der Waals surface area (Å²) in [6, 6.07) is 9.76. The fourth-order valence-electron chi connectivity index (χ4n) is 2.63. The van der Waals surface area contributed by atoms with Crippen LogP contribution in [0.25, 0.3) is 0 Å². The molecule has 1 aromatic rings. The third-order valence-electron chi connectivity index (χ3n) is 4.13. The number of amides is 1. The molecule has 0 aliphatic carbocycles. The van der Waals surface area contributed by atoms with E-state index in [9.17, 15) is 4.79 Å². The van der Waals surface area contributed by atoms with E-state index >= 15 is 0 Å². The number of hydrogen-bond donors (Lipinski definition) is 2. The molecule has 1 aliphatic rings. The molecule has 1 aliphatic heterocycles. The molecule has 1 saturated heterocycles. The molecular formula is C16H29Cl3N4O. The van der Waals surface area contributed by atoms with Crippen molar-refractivity contribution in [3.63, 3.8) is 0 Å². The van der Waals surface area contributed by atoms with Gasteiger partial charge in [0.05, 0.1) is 6.04 Å². The van der Waals surface area contributed by atoms with Crippen LogP contribution in [0.5, 0.6) is 0 Å². The van der Waals surface area contributed by atoms with Gasteiger partial charge in [0.25, 0.3) is 0 Å². The highest BCUT2D eigenvalue weighted by molar-refractivity contribution is 5.86. The van der Waals surface area contributed by atoms with Crippen molar-refractivity contribution in [3.8, 4) is 0 Å². The highest BCUT2D eigenvalue weighted by Gasteiger charge is 2.23. The zero-order chi connectivity index (χ0) is 15.2. The molecule has 0 aromatic heterocycles. The number of carbonyl (C=O) groups is 1.